The second-order valence-corrected chi connectivity index (χ2v) is 11.0. The van der Waals surface area contributed by atoms with Crippen LogP contribution in [0.15, 0.2) is 24.0 Å². The molecule has 0 aromatic carbocycles. The molecule has 1 aromatic rings. The van der Waals surface area contributed by atoms with Gasteiger partial charge in [-0.05, 0) is 87.4 Å². The maximum Gasteiger partial charge on any atom is 0.144 e. The summed E-state index contributed by atoms with van der Waals surface area (Å²) in [6, 6.07) is 0. The summed E-state index contributed by atoms with van der Waals surface area (Å²) >= 11 is 0. The fraction of sp³-hybridized carbons (Fsp3) is 0.760. The second-order valence-electron chi connectivity index (χ2n) is 11.0. The number of aromatic nitrogens is 2. The monoisotopic (exact) mass is 396 g/mol. The molecule has 4 nitrogen and oxygen atoms in total. The van der Waals surface area contributed by atoms with Crippen molar-refractivity contribution in [1.82, 2.24) is 9.55 Å². The Labute approximate surface area is 174 Å². The van der Waals surface area contributed by atoms with Gasteiger partial charge < -0.3 is 9.67 Å². The summed E-state index contributed by atoms with van der Waals surface area (Å²) in [5, 5.41) is 10.5. The summed E-state index contributed by atoms with van der Waals surface area (Å²) in [6.07, 6.45) is 15.5. The summed E-state index contributed by atoms with van der Waals surface area (Å²) in [4.78, 5) is 17.7. The van der Waals surface area contributed by atoms with Gasteiger partial charge in [0.2, 0.25) is 0 Å². The van der Waals surface area contributed by atoms with Crippen LogP contribution in [0.5, 0.6) is 0 Å². The Morgan fingerprint density at radius 3 is 2.79 bits per heavy atom. The van der Waals surface area contributed by atoms with Crippen LogP contribution in [0.4, 0.5) is 0 Å². The van der Waals surface area contributed by atoms with Crippen LogP contribution in [0.2, 0.25) is 0 Å². The number of imidazole rings is 1. The number of hydrogen-bond acceptors (Lipinski definition) is 3. The smallest absolute Gasteiger partial charge is 0.144 e. The van der Waals surface area contributed by atoms with E-state index in [1.807, 2.05) is 24.7 Å². The molecule has 4 aliphatic carbocycles. The third-order valence-electron chi connectivity index (χ3n) is 9.36. The molecular formula is C25H36N2O2. The number of carbonyl (C=O) groups is 1. The highest BCUT2D eigenvalue weighted by Crippen LogP contribution is 2.63. The zero-order valence-corrected chi connectivity index (χ0v) is 18.2. The van der Waals surface area contributed by atoms with Gasteiger partial charge in [-0.25, -0.2) is 4.98 Å². The highest BCUT2D eigenvalue weighted by Gasteiger charge is 2.57. The summed E-state index contributed by atoms with van der Waals surface area (Å²) in [5.41, 5.74) is 1.19. The molecule has 0 bridgehead atoms. The molecule has 0 saturated heterocycles. The normalized spacial score (nSPS) is 43.9. The molecule has 29 heavy (non-hydrogen) atoms. The number of Topliss-reactive ketones (excluding diaryl/α,β-unsaturated/α-hetero) is 1. The van der Waals surface area contributed by atoms with E-state index in [1.165, 1.54) is 24.8 Å². The van der Waals surface area contributed by atoms with Crippen LogP contribution in [-0.2, 0) is 18.3 Å². The number of aryl methyl sites for hydroxylation is 1. The Morgan fingerprint density at radius 2 is 2.03 bits per heavy atom. The molecule has 4 aliphatic rings. The molecule has 7 atom stereocenters. The lowest BCUT2D eigenvalue weighted by atomic mass is 9.51. The van der Waals surface area contributed by atoms with Crippen LogP contribution < -0.4 is 0 Å². The van der Waals surface area contributed by atoms with Gasteiger partial charge in [0.05, 0.1) is 12.0 Å². The molecule has 3 saturated carbocycles. The maximum atomic E-state index is 13.3. The minimum atomic E-state index is -0.506. The zero-order valence-electron chi connectivity index (χ0n) is 18.2. The van der Waals surface area contributed by atoms with Crippen molar-refractivity contribution >= 4 is 5.78 Å². The lowest BCUT2D eigenvalue weighted by Crippen LogP contribution is -2.48. The predicted molar refractivity (Wildman–Crippen MR) is 113 cm³/mol. The van der Waals surface area contributed by atoms with E-state index in [-0.39, 0.29) is 11.3 Å². The van der Waals surface area contributed by atoms with E-state index in [4.69, 9.17) is 0 Å². The lowest BCUT2D eigenvalue weighted by Gasteiger charge is -2.54. The fourth-order valence-electron chi connectivity index (χ4n) is 7.84. The van der Waals surface area contributed by atoms with Crippen LogP contribution in [0.3, 0.4) is 0 Å². The van der Waals surface area contributed by atoms with Crippen LogP contribution >= 0.6 is 0 Å². The minimum Gasteiger partial charge on any atom is -0.390 e. The van der Waals surface area contributed by atoms with E-state index >= 15 is 0 Å². The summed E-state index contributed by atoms with van der Waals surface area (Å²) in [7, 11) is 1.98. The molecule has 0 aliphatic heterocycles. The highest BCUT2D eigenvalue weighted by atomic mass is 16.3. The van der Waals surface area contributed by atoms with Crippen molar-refractivity contribution in [3.63, 3.8) is 0 Å². The number of fused-ring (bicyclic) bond motifs is 5. The zero-order chi connectivity index (χ0) is 20.4. The number of rotatable bonds is 3. The van der Waals surface area contributed by atoms with Crippen molar-refractivity contribution in [2.24, 2.45) is 42.1 Å². The molecule has 1 aromatic heterocycles. The Balaban J connectivity index is 1.35. The van der Waals surface area contributed by atoms with Crippen molar-refractivity contribution in [2.75, 3.05) is 0 Å². The molecule has 4 heteroatoms. The summed E-state index contributed by atoms with van der Waals surface area (Å²) in [5.74, 6) is 4.36. The van der Waals surface area contributed by atoms with E-state index in [9.17, 15) is 9.90 Å². The molecule has 158 valence electrons. The lowest BCUT2D eigenvalue weighted by molar-refractivity contribution is -0.128. The first kappa shape index (κ1) is 19.5. The van der Waals surface area contributed by atoms with Crippen molar-refractivity contribution in [2.45, 2.75) is 77.2 Å². The van der Waals surface area contributed by atoms with Gasteiger partial charge in [0, 0.05) is 25.4 Å². The van der Waals surface area contributed by atoms with Gasteiger partial charge in [-0.15, -0.1) is 0 Å². The topological polar surface area (TPSA) is 55.1 Å². The van der Waals surface area contributed by atoms with Crippen molar-refractivity contribution < 1.29 is 9.90 Å². The van der Waals surface area contributed by atoms with Crippen LogP contribution in [-0.4, -0.2) is 26.0 Å². The predicted octanol–water partition coefficient (Wildman–Crippen LogP) is 4.47. The first-order valence-electron chi connectivity index (χ1n) is 11.7. The molecule has 0 amide bonds. The SMILES string of the molecule is Cn1ccnc1CC(=O)[C@H]1CC[C@H]2[C@@H]3CC=C4C[C@](C)(O)CC[C@@H]4[C@H]3CC[C@]12C. The van der Waals surface area contributed by atoms with Crippen LogP contribution in [0.1, 0.15) is 71.0 Å². The maximum absolute atomic E-state index is 13.3. The van der Waals surface area contributed by atoms with Gasteiger partial charge in [0.1, 0.15) is 11.6 Å². The molecule has 1 N–H and O–H groups in total. The number of allylic oxidation sites excluding steroid dienone is 1. The first-order chi connectivity index (χ1) is 13.8. The number of ketones is 1. The largest absolute Gasteiger partial charge is 0.390 e. The second kappa shape index (κ2) is 6.80. The number of carbonyl (C=O) groups excluding carboxylic acids is 1. The summed E-state index contributed by atoms with van der Waals surface area (Å²) in [6.45, 7) is 4.43. The van der Waals surface area contributed by atoms with Gasteiger partial charge in [-0.2, -0.15) is 0 Å². The van der Waals surface area contributed by atoms with Gasteiger partial charge in [0.25, 0.3) is 0 Å². The number of hydrogen-bond donors (Lipinski definition) is 1. The van der Waals surface area contributed by atoms with Crippen LogP contribution in [0.25, 0.3) is 0 Å². The van der Waals surface area contributed by atoms with Crippen LogP contribution in [0, 0.1) is 35.0 Å². The standard InChI is InChI=1S/C25H36N2O2/c1-24(29)10-8-17-16(15-24)4-5-19-18(17)9-11-25(2)20(19)6-7-21(25)22(28)14-23-26-12-13-27(23)3/h4,12-13,17-21,29H,5-11,14-15H2,1-3H3/t17-,18+,19+,20-,21+,24+,25-/m0/s1. The van der Waals surface area contributed by atoms with Gasteiger partial charge in [-0.1, -0.05) is 18.6 Å². The average molecular weight is 397 g/mol. The van der Waals surface area contributed by atoms with E-state index in [2.05, 4.69) is 18.0 Å². The first-order valence-corrected chi connectivity index (χ1v) is 11.7. The van der Waals surface area contributed by atoms with Gasteiger partial charge in [-0.3, -0.25) is 4.79 Å². The minimum absolute atomic E-state index is 0.162. The number of nitrogens with zero attached hydrogens (tertiary/aromatic N) is 2. The third kappa shape index (κ3) is 3.13. The average Bonchev–Trinajstić information content (AvgIpc) is 3.23. The Morgan fingerprint density at radius 1 is 1.21 bits per heavy atom. The Hall–Kier alpha value is -1.42. The fourth-order valence-corrected chi connectivity index (χ4v) is 7.84. The third-order valence-corrected chi connectivity index (χ3v) is 9.36. The molecule has 3 fully saturated rings. The molecular weight excluding hydrogens is 360 g/mol. The van der Waals surface area contributed by atoms with E-state index in [1.54, 1.807) is 6.20 Å². The number of aliphatic hydroxyl groups is 1. The van der Waals surface area contributed by atoms with Crippen molar-refractivity contribution in [3.8, 4) is 0 Å². The van der Waals surface area contributed by atoms with E-state index < -0.39 is 5.60 Å². The van der Waals surface area contributed by atoms with Gasteiger partial charge >= 0.3 is 0 Å². The Kier molecular flexibility index (Phi) is 4.58. The summed E-state index contributed by atoms with van der Waals surface area (Å²) < 4.78 is 1.98. The quantitative estimate of drug-likeness (QED) is 0.767. The van der Waals surface area contributed by atoms with E-state index in [0.717, 1.165) is 49.8 Å². The molecule has 0 radical (unpaired) electrons. The molecule has 1 heterocycles. The molecule has 0 unspecified atom stereocenters. The highest BCUT2D eigenvalue weighted by molar-refractivity contribution is 5.83. The van der Waals surface area contributed by atoms with Crippen molar-refractivity contribution in [3.05, 3.63) is 29.9 Å². The van der Waals surface area contributed by atoms with Crippen molar-refractivity contribution in [1.29, 1.82) is 0 Å². The van der Waals surface area contributed by atoms with E-state index in [0.29, 0.717) is 24.0 Å². The molecule has 5 rings (SSSR count). The molecule has 0 spiro atoms. The van der Waals surface area contributed by atoms with Gasteiger partial charge in [0.15, 0.2) is 0 Å². The Bertz CT molecular complexity index is 838.